The Kier molecular flexibility index (Phi) is 5.79. The summed E-state index contributed by atoms with van der Waals surface area (Å²) in [5.74, 6) is 0.954. The molecule has 0 saturated heterocycles. The smallest absolute Gasteiger partial charge is 0.550 e. The van der Waals surface area contributed by atoms with Gasteiger partial charge in [0.2, 0.25) is 0 Å². The van der Waals surface area contributed by atoms with E-state index in [-0.39, 0.29) is 40.9 Å². The summed E-state index contributed by atoms with van der Waals surface area (Å²) < 4.78 is 0. The molecule has 0 amide bonds. The summed E-state index contributed by atoms with van der Waals surface area (Å²) in [5.41, 5.74) is 0.357. The molecule has 0 aliphatic heterocycles. The van der Waals surface area contributed by atoms with Crippen molar-refractivity contribution in [2.75, 3.05) is 0 Å². The van der Waals surface area contributed by atoms with Gasteiger partial charge in [-0.3, -0.25) is 0 Å². The van der Waals surface area contributed by atoms with E-state index in [1.54, 1.807) is 6.92 Å². The Morgan fingerprint density at radius 2 is 1.88 bits per heavy atom. The number of carboxylic acids is 1. The molecule has 0 radical (unpaired) electrons. The molecule has 9 atom stereocenters. The number of hydrogen-bond donors (Lipinski definition) is 1. The van der Waals surface area contributed by atoms with E-state index < -0.39 is 18.0 Å². The van der Waals surface area contributed by atoms with Crippen LogP contribution in [0.4, 0.5) is 0 Å². The molecule has 140 valence electrons. The Labute approximate surface area is 180 Å². The van der Waals surface area contributed by atoms with Crippen LogP contribution >= 0.6 is 0 Å². The summed E-state index contributed by atoms with van der Waals surface area (Å²) in [7, 11) is 0. The predicted molar refractivity (Wildman–Crippen MR) is 95.3 cm³/mol. The summed E-state index contributed by atoms with van der Waals surface area (Å²) in [6, 6.07) is 0. The van der Waals surface area contributed by atoms with Crippen LogP contribution in [-0.4, -0.2) is 17.2 Å². The summed E-state index contributed by atoms with van der Waals surface area (Å²) in [6.07, 6.45) is 12.3. The van der Waals surface area contributed by atoms with Gasteiger partial charge in [0.05, 0.1) is 6.10 Å². The van der Waals surface area contributed by atoms with Crippen LogP contribution in [0.1, 0.15) is 65.7 Å². The largest absolute Gasteiger partial charge is 1.00 e. The number of hydrogen-bond acceptors (Lipinski definition) is 3. The fraction of sp³-hybridized carbons (Fsp3) is 0.864. The van der Waals surface area contributed by atoms with E-state index in [0.29, 0.717) is 17.3 Å². The molecule has 3 nitrogen and oxygen atoms in total. The van der Waals surface area contributed by atoms with Gasteiger partial charge >= 0.3 is 29.6 Å². The maximum absolute atomic E-state index is 11.5. The third-order valence-corrected chi connectivity index (χ3v) is 9.23. The molecule has 0 bridgehead atoms. The number of rotatable bonds is 2. The Bertz CT molecular complexity index is 590. The summed E-state index contributed by atoms with van der Waals surface area (Å²) >= 11 is 0. The zero-order valence-corrected chi connectivity index (χ0v) is 18.9. The SMILES string of the molecule is C[C@H](C(=O)[O-])[C@H]1[C@@H](O)C[C@H]2[C@@H]3CC[C@H]4CC=CC[C@]4(C)[C@H]3CC[C@]12C.[Na+]. The van der Waals surface area contributed by atoms with Crippen LogP contribution in [0.2, 0.25) is 0 Å². The number of fused-ring (bicyclic) bond motifs is 5. The van der Waals surface area contributed by atoms with Crippen LogP contribution in [0.15, 0.2) is 12.2 Å². The third kappa shape index (κ3) is 2.88. The maximum atomic E-state index is 11.5. The molecule has 3 fully saturated rings. The molecule has 0 unspecified atom stereocenters. The molecule has 4 heteroatoms. The maximum Gasteiger partial charge on any atom is 1.00 e. The van der Waals surface area contributed by atoms with Gasteiger partial charge in [-0.15, -0.1) is 0 Å². The van der Waals surface area contributed by atoms with Crippen molar-refractivity contribution in [1.29, 1.82) is 0 Å². The zero-order chi connectivity index (χ0) is 18.0. The van der Waals surface area contributed by atoms with Crippen molar-refractivity contribution in [2.45, 2.75) is 71.8 Å². The van der Waals surface area contributed by atoms with Crippen LogP contribution in [0.3, 0.4) is 0 Å². The topological polar surface area (TPSA) is 60.4 Å². The summed E-state index contributed by atoms with van der Waals surface area (Å²) in [6.45, 7) is 6.52. The average Bonchev–Trinajstić information content (AvgIpc) is 2.83. The number of carboxylic acid groups (broad SMARTS) is 1. The van der Waals surface area contributed by atoms with Crippen molar-refractivity contribution in [2.24, 2.45) is 46.3 Å². The molecule has 0 aromatic rings. The average molecular weight is 368 g/mol. The third-order valence-electron chi connectivity index (χ3n) is 9.23. The fourth-order valence-corrected chi connectivity index (χ4v) is 7.94. The first kappa shape index (κ1) is 20.9. The second-order valence-corrected chi connectivity index (χ2v) is 10.0. The van der Waals surface area contributed by atoms with E-state index in [2.05, 4.69) is 26.0 Å². The minimum Gasteiger partial charge on any atom is -0.550 e. The first-order valence-corrected chi connectivity index (χ1v) is 10.3. The summed E-state index contributed by atoms with van der Waals surface area (Å²) in [4.78, 5) is 11.5. The van der Waals surface area contributed by atoms with E-state index in [4.69, 9.17) is 0 Å². The first-order chi connectivity index (χ1) is 11.8. The fourth-order valence-electron chi connectivity index (χ4n) is 7.94. The molecule has 0 aromatic carbocycles. The van der Waals surface area contributed by atoms with Crippen molar-refractivity contribution in [1.82, 2.24) is 0 Å². The van der Waals surface area contributed by atoms with Crippen molar-refractivity contribution >= 4 is 5.97 Å². The molecule has 4 aliphatic carbocycles. The minimum absolute atomic E-state index is 0. The van der Waals surface area contributed by atoms with Crippen molar-refractivity contribution in [3.05, 3.63) is 12.2 Å². The zero-order valence-electron chi connectivity index (χ0n) is 16.9. The van der Waals surface area contributed by atoms with E-state index in [9.17, 15) is 15.0 Å². The number of carbonyl (C=O) groups excluding carboxylic acids is 1. The monoisotopic (exact) mass is 368 g/mol. The predicted octanol–water partition coefficient (Wildman–Crippen LogP) is 0.172. The first-order valence-electron chi connectivity index (χ1n) is 10.3. The quantitative estimate of drug-likeness (QED) is 0.558. The molecule has 4 aliphatic rings. The molecule has 26 heavy (non-hydrogen) atoms. The van der Waals surface area contributed by atoms with Gasteiger partial charge in [-0.2, -0.15) is 0 Å². The molecule has 1 N–H and O–H groups in total. The molecule has 3 saturated carbocycles. The Hall–Kier alpha value is 0.170. The molecule has 0 spiro atoms. The van der Waals surface area contributed by atoms with Gasteiger partial charge in [-0.1, -0.05) is 32.9 Å². The normalized spacial score (nSPS) is 50.8. The van der Waals surface area contributed by atoms with Crippen molar-refractivity contribution in [3.8, 4) is 0 Å². The van der Waals surface area contributed by atoms with E-state index in [1.807, 2.05) is 0 Å². The number of aliphatic hydroxyl groups is 1. The van der Waals surface area contributed by atoms with Gasteiger partial charge < -0.3 is 15.0 Å². The number of carbonyl (C=O) groups is 1. The Morgan fingerprint density at radius 1 is 1.15 bits per heavy atom. The van der Waals surface area contributed by atoms with Gasteiger partial charge in [0.25, 0.3) is 0 Å². The number of aliphatic carboxylic acids is 1. The Morgan fingerprint density at radius 3 is 2.58 bits per heavy atom. The minimum atomic E-state index is -0.999. The molecular weight excluding hydrogens is 335 g/mol. The second-order valence-electron chi connectivity index (χ2n) is 10.0. The van der Waals surface area contributed by atoms with Gasteiger partial charge in [-0.05, 0) is 85.4 Å². The number of aliphatic hydroxyl groups excluding tert-OH is 1. The second kappa shape index (κ2) is 7.21. The van der Waals surface area contributed by atoms with Gasteiger partial charge in [-0.25, -0.2) is 0 Å². The van der Waals surface area contributed by atoms with Crippen molar-refractivity contribution in [3.63, 3.8) is 0 Å². The van der Waals surface area contributed by atoms with Crippen LogP contribution in [0.5, 0.6) is 0 Å². The van der Waals surface area contributed by atoms with Crippen LogP contribution in [-0.2, 0) is 4.79 Å². The van der Waals surface area contributed by atoms with Crippen LogP contribution < -0.4 is 34.7 Å². The molecule has 4 rings (SSSR count). The standard InChI is InChI=1S/C22H34O3.Na/c1-13(20(24)25)19-18(23)12-17-15-8-7-14-6-4-5-10-21(14,2)16(15)9-11-22(17,19)3;/h4-5,13-19,23H,6-12H2,1-3H3,(H,24,25);/q;+1/p-1/t13-,14+,15+,16-,17-,18-,19-,21-,22-;/m0./s1. The van der Waals surface area contributed by atoms with Gasteiger partial charge in [0.15, 0.2) is 0 Å². The summed E-state index contributed by atoms with van der Waals surface area (Å²) in [5, 5.41) is 22.3. The number of allylic oxidation sites excluding steroid dienone is 2. The van der Waals surface area contributed by atoms with Gasteiger partial charge in [0, 0.05) is 11.9 Å². The van der Waals surface area contributed by atoms with E-state index >= 15 is 0 Å². The molecule has 0 aromatic heterocycles. The molecular formula is C22H33NaO3. The molecule has 0 heterocycles. The van der Waals surface area contributed by atoms with Crippen LogP contribution in [0.25, 0.3) is 0 Å². The van der Waals surface area contributed by atoms with Crippen molar-refractivity contribution < 1.29 is 44.6 Å². The Balaban J connectivity index is 0.00000196. The van der Waals surface area contributed by atoms with E-state index in [1.165, 1.54) is 32.1 Å². The van der Waals surface area contributed by atoms with E-state index in [0.717, 1.165) is 24.7 Å². The van der Waals surface area contributed by atoms with Gasteiger partial charge in [0.1, 0.15) is 0 Å². The van der Waals surface area contributed by atoms with Crippen LogP contribution in [0, 0.1) is 46.3 Å².